The van der Waals surface area contributed by atoms with Crippen LogP contribution in [0.15, 0.2) is 22.3 Å². The molecule has 21 heavy (non-hydrogen) atoms. The largest absolute Gasteiger partial charge is 0.478 e. The van der Waals surface area contributed by atoms with Gasteiger partial charge in [0.2, 0.25) is 5.16 Å². The number of aromatic nitrogens is 5. The first kappa shape index (κ1) is 14.0. The third-order valence-electron chi connectivity index (χ3n) is 3.62. The van der Waals surface area contributed by atoms with E-state index < -0.39 is 5.97 Å². The van der Waals surface area contributed by atoms with Crippen LogP contribution in [-0.4, -0.2) is 36.3 Å². The van der Waals surface area contributed by atoms with E-state index in [1.807, 2.05) is 4.68 Å². The van der Waals surface area contributed by atoms with Gasteiger partial charge in [-0.1, -0.05) is 12.8 Å². The van der Waals surface area contributed by atoms with Crippen LogP contribution in [0, 0.1) is 6.92 Å². The summed E-state index contributed by atoms with van der Waals surface area (Å²) in [6.07, 6.45) is 4.62. The summed E-state index contributed by atoms with van der Waals surface area (Å²) in [4.78, 5) is 15.3. The molecule has 0 unspecified atom stereocenters. The van der Waals surface area contributed by atoms with Crippen molar-refractivity contribution in [3.63, 3.8) is 0 Å². The van der Waals surface area contributed by atoms with Gasteiger partial charge in [-0.3, -0.25) is 0 Å². The first-order valence-electron chi connectivity index (χ1n) is 6.82. The predicted octanol–water partition coefficient (Wildman–Crippen LogP) is 2.34. The lowest BCUT2D eigenvalue weighted by Gasteiger charge is -2.10. The number of carboxylic acids is 1. The molecule has 8 heteroatoms. The molecule has 0 amide bonds. The number of nitrogens with zero attached hydrogens (tertiary/aromatic N) is 5. The number of rotatable bonds is 4. The quantitative estimate of drug-likeness (QED) is 0.926. The monoisotopic (exact) mass is 305 g/mol. The highest BCUT2D eigenvalue weighted by Crippen LogP contribution is 2.33. The molecule has 2 aromatic heterocycles. The van der Waals surface area contributed by atoms with Crippen LogP contribution in [0.4, 0.5) is 0 Å². The minimum Gasteiger partial charge on any atom is -0.478 e. The number of hydrogen-bond donors (Lipinski definition) is 1. The lowest BCUT2D eigenvalue weighted by Crippen LogP contribution is -2.08. The highest BCUT2D eigenvalue weighted by Gasteiger charge is 2.22. The molecule has 1 aliphatic carbocycles. The normalized spacial score (nSPS) is 15.5. The van der Waals surface area contributed by atoms with E-state index in [0.29, 0.717) is 21.9 Å². The van der Waals surface area contributed by atoms with Crippen LogP contribution in [0.1, 0.15) is 47.8 Å². The number of hydrogen-bond acceptors (Lipinski definition) is 6. The van der Waals surface area contributed by atoms with Gasteiger partial charge in [-0.05, 0) is 54.1 Å². The van der Waals surface area contributed by atoms with Crippen LogP contribution in [0.5, 0.6) is 0 Å². The van der Waals surface area contributed by atoms with Gasteiger partial charge in [0.25, 0.3) is 0 Å². The Labute approximate surface area is 125 Å². The summed E-state index contributed by atoms with van der Waals surface area (Å²) in [7, 11) is 0. The molecule has 0 aromatic carbocycles. The van der Waals surface area contributed by atoms with Gasteiger partial charge >= 0.3 is 5.97 Å². The summed E-state index contributed by atoms with van der Waals surface area (Å²) in [5.41, 5.74) is 0.710. The second kappa shape index (κ2) is 5.80. The van der Waals surface area contributed by atoms with Crippen LogP contribution in [0.25, 0.3) is 0 Å². The van der Waals surface area contributed by atoms with Crippen LogP contribution in [-0.2, 0) is 0 Å². The van der Waals surface area contributed by atoms with Crippen LogP contribution >= 0.6 is 11.8 Å². The molecule has 0 radical (unpaired) electrons. The van der Waals surface area contributed by atoms with Crippen molar-refractivity contribution < 1.29 is 9.90 Å². The number of aryl methyl sites for hydroxylation is 1. The Morgan fingerprint density at radius 2 is 2.14 bits per heavy atom. The summed E-state index contributed by atoms with van der Waals surface area (Å²) in [6.45, 7) is 1.69. The molecule has 0 spiro atoms. The molecule has 0 atom stereocenters. The molecule has 1 fully saturated rings. The van der Waals surface area contributed by atoms with Gasteiger partial charge < -0.3 is 5.11 Å². The van der Waals surface area contributed by atoms with Crippen molar-refractivity contribution in [1.29, 1.82) is 0 Å². The Morgan fingerprint density at radius 1 is 1.38 bits per heavy atom. The van der Waals surface area contributed by atoms with E-state index in [9.17, 15) is 4.79 Å². The second-order valence-corrected chi connectivity index (χ2v) is 6.02. The lowest BCUT2D eigenvalue weighted by atomic mass is 10.2. The topological polar surface area (TPSA) is 93.8 Å². The Kier molecular flexibility index (Phi) is 3.87. The van der Waals surface area contributed by atoms with Gasteiger partial charge in [0.05, 0.1) is 17.3 Å². The Bertz CT molecular complexity index is 666. The van der Waals surface area contributed by atoms with E-state index >= 15 is 0 Å². The van der Waals surface area contributed by atoms with E-state index in [4.69, 9.17) is 5.11 Å². The van der Waals surface area contributed by atoms with Gasteiger partial charge in [0, 0.05) is 0 Å². The van der Waals surface area contributed by atoms with Crippen molar-refractivity contribution in [2.24, 2.45) is 0 Å². The van der Waals surface area contributed by atoms with Crippen molar-refractivity contribution in [2.75, 3.05) is 0 Å². The highest BCUT2D eigenvalue weighted by molar-refractivity contribution is 7.99. The Morgan fingerprint density at radius 3 is 2.81 bits per heavy atom. The molecule has 2 heterocycles. The fourth-order valence-corrected chi connectivity index (χ4v) is 3.41. The number of carbonyl (C=O) groups is 1. The summed E-state index contributed by atoms with van der Waals surface area (Å²) < 4.78 is 1.86. The smallest absolute Gasteiger partial charge is 0.337 e. The second-order valence-electron chi connectivity index (χ2n) is 5.03. The molecule has 0 aliphatic heterocycles. The molecule has 3 rings (SSSR count). The molecular formula is C13H15N5O2S. The maximum absolute atomic E-state index is 11.0. The average Bonchev–Trinajstić information content (AvgIpc) is 3.08. The first-order valence-corrected chi connectivity index (χ1v) is 7.63. The fraction of sp³-hybridized carbons (Fsp3) is 0.462. The molecule has 0 saturated heterocycles. The van der Waals surface area contributed by atoms with E-state index in [1.54, 1.807) is 19.1 Å². The average molecular weight is 305 g/mol. The first-order chi connectivity index (χ1) is 10.1. The lowest BCUT2D eigenvalue weighted by molar-refractivity contribution is 0.0695. The van der Waals surface area contributed by atoms with E-state index in [-0.39, 0.29) is 5.56 Å². The number of carboxylic acid groups (broad SMARTS) is 1. The zero-order chi connectivity index (χ0) is 14.8. The van der Waals surface area contributed by atoms with Crippen LogP contribution in [0.3, 0.4) is 0 Å². The summed E-state index contributed by atoms with van der Waals surface area (Å²) in [5.74, 6) is -0.965. The summed E-state index contributed by atoms with van der Waals surface area (Å²) >= 11 is 1.37. The zero-order valence-corrected chi connectivity index (χ0v) is 12.4. The summed E-state index contributed by atoms with van der Waals surface area (Å²) in [5, 5.41) is 22.3. The SMILES string of the molecule is Cc1nc(Sc2nnnn2C2CCCC2)ccc1C(=O)O. The van der Waals surface area contributed by atoms with Crippen LogP contribution in [0.2, 0.25) is 0 Å². The molecule has 1 aliphatic rings. The zero-order valence-electron chi connectivity index (χ0n) is 11.6. The van der Waals surface area contributed by atoms with Gasteiger partial charge in [-0.15, -0.1) is 5.10 Å². The minimum atomic E-state index is -0.965. The number of pyridine rings is 1. The fourth-order valence-electron chi connectivity index (χ4n) is 2.55. The third kappa shape index (κ3) is 2.90. The maximum atomic E-state index is 11.0. The molecule has 110 valence electrons. The molecule has 0 bridgehead atoms. The van der Waals surface area contributed by atoms with Crippen molar-refractivity contribution in [1.82, 2.24) is 25.2 Å². The van der Waals surface area contributed by atoms with Crippen LogP contribution < -0.4 is 0 Å². The Balaban J connectivity index is 1.82. The van der Waals surface area contributed by atoms with Crippen molar-refractivity contribution in [3.05, 3.63) is 23.4 Å². The molecule has 7 nitrogen and oxygen atoms in total. The van der Waals surface area contributed by atoms with E-state index in [0.717, 1.165) is 12.8 Å². The van der Waals surface area contributed by atoms with Crippen molar-refractivity contribution in [2.45, 2.75) is 48.8 Å². The number of aromatic carboxylic acids is 1. The van der Waals surface area contributed by atoms with Gasteiger partial charge in [-0.25, -0.2) is 14.5 Å². The standard InChI is InChI=1S/C13H15N5O2S/c1-8-10(12(19)20)6-7-11(14-8)21-13-15-16-17-18(13)9-4-2-3-5-9/h6-7,9H,2-5H2,1H3,(H,19,20). The maximum Gasteiger partial charge on any atom is 0.337 e. The summed E-state index contributed by atoms with van der Waals surface area (Å²) in [6, 6.07) is 3.62. The Hall–Kier alpha value is -1.96. The van der Waals surface area contributed by atoms with Crippen molar-refractivity contribution in [3.8, 4) is 0 Å². The molecular weight excluding hydrogens is 290 g/mol. The molecule has 1 saturated carbocycles. The van der Waals surface area contributed by atoms with E-state index in [2.05, 4.69) is 20.5 Å². The van der Waals surface area contributed by atoms with Gasteiger partial charge in [0.1, 0.15) is 5.03 Å². The van der Waals surface area contributed by atoms with Crippen molar-refractivity contribution >= 4 is 17.7 Å². The van der Waals surface area contributed by atoms with E-state index in [1.165, 1.54) is 24.6 Å². The molecule has 2 aromatic rings. The molecule has 1 N–H and O–H groups in total. The van der Waals surface area contributed by atoms with Gasteiger partial charge in [0.15, 0.2) is 0 Å². The number of tetrazole rings is 1. The highest BCUT2D eigenvalue weighted by atomic mass is 32.2. The third-order valence-corrected chi connectivity index (χ3v) is 4.51. The minimum absolute atomic E-state index is 0.217. The van der Waals surface area contributed by atoms with Gasteiger partial charge in [-0.2, -0.15) is 0 Å². The predicted molar refractivity (Wildman–Crippen MR) is 75.4 cm³/mol.